The van der Waals surface area contributed by atoms with Crippen LogP contribution >= 0.6 is 0 Å². The second-order valence-corrected chi connectivity index (χ2v) is 3.74. The Labute approximate surface area is 62.5 Å². The van der Waals surface area contributed by atoms with E-state index in [9.17, 15) is 0 Å². The summed E-state index contributed by atoms with van der Waals surface area (Å²) in [7, 11) is 0. The molecule has 0 radical (unpaired) electrons. The summed E-state index contributed by atoms with van der Waals surface area (Å²) in [5.41, 5.74) is 2.36. The first-order valence-corrected chi connectivity index (χ1v) is 4.21. The van der Waals surface area contributed by atoms with Gasteiger partial charge in [0.25, 0.3) is 0 Å². The number of hydrogen-bond donors (Lipinski definition) is 1. The van der Waals surface area contributed by atoms with E-state index in [0.29, 0.717) is 5.41 Å². The molecule has 0 aromatic heterocycles. The van der Waals surface area contributed by atoms with E-state index in [2.05, 4.69) is 18.3 Å². The predicted octanol–water partition coefficient (Wildman–Crippen LogP) is 1.71. The van der Waals surface area contributed by atoms with Crippen molar-refractivity contribution in [2.24, 2.45) is 5.41 Å². The van der Waals surface area contributed by atoms with Crippen molar-refractivity contribution in [1.29, 1.82) is 0 Å². The molecule has 0 bridgehead atoms. The van der Waals surface area contributed by atoms with E-state index in [0.717, 1.165) is 6.54 Å². The van der Waals surface area contributed by atoms with Crippen LogP contribution in [0.5, 0.6) is 0 Å². The minimum Gasteiger partial charge on any atom is -0.313 e. The third-order valence-corrected chi connectivity index (χ3v) is 2.84. The fourth-order valence-electron chi connectivity index (χ4n) is 1.68. The van der Waals surface area contributed by atoms with Gasteiger partial charge in [0.15, 0.2) is 0 Å². The van der Waals surface area contributed by atoms with Gasteiger partial charge in [-0.3, -0.25) is 0 Å². The van der Waals surface area contributed by atoms with Gasteiger partial charge in [-0.15, -0.1) is 0 Å². The lowest BCUT2D eigenvalue weighted by Crippen LogP contribution is -2.22. The number of nitrogens with one attached hydrogen (secondary N) is 1. The van der Waals surface area contributed by atoms with Crippen LogP contribution in [0.25, 0.3) is 0 Å². The van der Waals surface area contributed by atoms with Crippen LogP contribution in [0.1, 0.15) is 26.2 Å². The van der Waals surface area contributed by atoms with Crippen LogP contribution in [0.3, 0.4) is 0 Å². The lowest BCUT2D eigenvalue weighted by molar-refractivity contribution is 0.588. The highest BCUT2D eigenvalue weighted by atomic mass is 14.9. The molecular weight excluding hydrogens is 122 g/mol. The van der Waals surface area contributed by atoms with Crippen LogP contribution in [-0.2, 0) is 0 Å². The maximum Gasteiger partial charge on any atom is 0.0137 e. The summed E-state index contributed by atoms with van der Waals surface area (Å²) in [4.78, 5) is 0. The normalized spacial score (nSPS) is 29.5. The molecule has 0 spiro atoms. The first kappa shape index (κ1) is 6.41. The third kappa shape index (κ3) is 0.988. The summed E-state index contributed by atoms with van der Waals surface area (Å²) in [5.74, 6) is 0. The van der Waals surface area contributed by atoms with Crippen molar-refractivity contribution >= 4 is 0 Å². The fraction of sp³-hybridized carbons (Fsp3) is 0.778. The standard InChI is InChI=1S/C9H15N/c1-9(4-5-9)8-2-6-10-7-3-8/h2,10H,3-7H2,1H3. The SMILES string of the molecule is CC1(C2=CCNCC2)CC1. The maximum atomic E-state index is 3.34. The molecule has 1 heteroatoms. The van der Waals surface area contributed by atoms with E-state index in [4.69, 9.17) is 0 Å². The van der Waals surface area contributed by atoms with Crippen molar-refractivity contribution in [3.8, 4) is 0 Å². The quantitative estimate of drug-likeness (QED) is 0.542. The molecule has 56 valence electrons. The van der Waals surface area contributed by atoms with Gasteiger partial charge in [0, 0.05) is 6.54 Å². The van der Waals surface area contributed by atoms with E-state index < -0.39 is 0 Å². The molecule has 2 rings (SSSR count). The van der Waals surface area contributed by atoms with Crippen molar-refractivity contribution in [2.75, 3.05) is 13.1 Å². The average Bonchev–Trinajstić information content (AvgIpc) is 2.72. The zero-order valence-corrected chi connectivity index (χ0v) is 6.61. The Kier molecular flexibility index (Phi) is 1.34. The Bertz CT molecular complexity index is 166. The Morgan fingerprint density at radius 2 is 2.30 bits per heavy atom. The molecule has 2 aliphatic rings. The molecule has 0 aromatic carbocycles. The molecule has 1 aliphatic carbocycles. The average molecular weight is 137 g/mol. The van der Waals surface area contributed by atoms with Gasteiger partial charge >= 0.3 is 0 Å². The Morgan fingerprint density at radius 1 is 1.50 bits per heavy atom. The summed E-state index contributed by atoms with van der Waals surface area (Å²) in [6.07, 6.45) is 6.53. The van der Waals surface area contributed by atoms with Crippen LogP contribution in [0.4, 0.5) is 0 Å². The van der Waals surface area contributed by atoms with E-state index in [1.165, 1.54) is 25.8 Å². The van der Waals surface area contributed by atoms with Gasteiger partial charge in [-0.05, 0) is 31.2 Å². The lowest BCUT2D eigenvalue weighted by Gasteiger charge is -2.18. The van der Waals surface area contributed by atoms with Gasteiger partial charge in [0.05, 0.1) is 0 Å². The number of rotatable bonds is 1. The topological polar surface area (TPSA) is 12.0 Å². The van der Waals surface area contributed by atoms with E-state index in [1.807, 2.05) is 0 Å². The first-order chi connectivity index (χ1) is 4.81. The second kappa shape index (κ2) is 2.09. The predicted molar refractivity (Wildman–Crippen MR) is 42.9 cm³/mol. The first-order valence-electron chi connectivity index (χ1n) is 4.21. The van der Waals surface area contributed by atoms with E-state index in [1.54, 1.807) is 5.57 Å². The molecule has 10 heavy (non-hydrogen) atoms. The van der Waals surface area contributed by atoms with Crippen LogP contribution < -0.4 is 5.32 Å². The van der Waals surface area contributed by atoms with Crippen molar-refractivity contribution in [3.63, 3.8) is 0 Å². The Balaban J connectivity index is 2.08. The molecule has 0 saturated heterocycles. The van der Waals surface area contributed by atoms with Gasteiger partial charge in [0.2, 0.25) is 0 Å². The Morgan fingerprint density at radius 3 is 2.80 bits per heavy atom. The molecule has 0 atom stereocenters. The largest absolute Gasteiger partial charge is 0.313 e. The summed E-state index contributed by atoms with van der Waals surface area (Å²) in [6, 6.07) is 0. The molecular formula is C9H15N. The van der Waals surface area contributed by atoms with Crippen molar-refractivity contribution in [3.05, 3.63) is 11.6 Å². The van der Waals surface area contributed by atoms with E-state index in [-0.39, 0.29) is 0 Å². The molecule has 0 amide bonds. The molecule has 1 N–H and O–H groups in total. The molecule has 1 heterocycles. The minimum absolute atomic E-state index is 0.641. The lowest BCUT2D eigenvalue weighted by atomic mass is 9.93. The van der Waals surface area contributed by atoms with Crippen LogP contribution in [0, 0.1) is 5.41 Å². The van der Waals surface area contributed by atoms with Crippen LogP contribution in [0.15, 0.2) is 11.6 Å². The Hall–Kier alpha value is -0.300. The molecule has 0 aromatic rings. The van der Waals surface area contributed by atoms with Gasteiger partial charge in [-0.1, -0.05) is 18.6 Å². The smallest absolute Gasteiger partial charge is 0.0137 e. The zero-order valence-electron chi connectivity index (χ0n) is 6.61. The molecule has 1 aliphatic heterocycles. The van der Waals surface area contributed by atoms with Gasteiger partial charge in [0.1, 0.15) is 0 Å². The maximum absolute atomic E-state index is 3.34. The van der Waals surface area contributed by atoms with Gasteiger partial charge in [-0.25, -0.2) is 0 Å². The minimum atomic E-state index is 0.641. The van der Waals surface area contributed by atoms with Gasteiger partial charge in [-0.2, -0.15) is 0 Å². The molecule has 0 unspecified atom stereocenters. The molecule has 1 nitrogen and oxygen atoms in total. The fourth-order valence-corrected chi connectivity index (χ4v) is 1.68. The summed E-state index contributed by atoms with van der Waals surface area (Å²) < 4.78 is 0. The second-order valence-electron chi connectivity index (χ2n) is 3.74. The summed E-state index contributed by atoms with van der Waals surface area (Å²) in [5, 5.41) is 3.34. The van der Waals surface area contributed by atoms with E-state index >= 15 is 0 Å². The zero-order chi connectivity index (χ0) is 7.03. The van der Waals surface area contributed by atoms with Crippen molar-refractivity contribution in [1.82, 2.24) is 5.32 Å². The van der Waals surface area contributed by atoms with Gasteiger partial charge < -0.3 is 5.32 Å². The highest BCUT2D eigenvalue weighted by Crippen LogP contribution is 2.52. The van der Waals surface area contributed by atoms with Crippen molar-refractivity contribution in [2.45, 2.75) is 26.2 Å². The third-order valence-electron chi connectivity index (χ3n) is 2.84. The summed E-state index contributed by atoms with van der Waals surface area (Å²) >= 11 is 0. The molecule has 1 fully saturated rings. The highest BCUT2D eigenvalue weighted by Gasteiger charge is 2.40. The van der Waals surface area contributed by atoms with Crippen LogP contribution in [-0.4, -0.2) is 13.1 Å². The molecule has 1 saturated carbocycles. The highest BCUT2D eigenvalue weighted by molar-refractivity contribution is 5.22. The van der Waals surface area contributed by atoms with Crippen LogP contribution in [0.2, 0.25) is 0 Å². The number of hydrogen-bond acceptors (Lipinski definition) is 1. The monoisotopic (exact) mass is 137 g/mol. The summed E-state index contributed by atoms with van der Waals surface area (Å²) in [6.45, 7) is 4.69. The van der Waals surface area contributed by atoms with Crippen molar-refractivity contribution < 1.29 is 0 Å².